The van der Waals surface area contributed by atoms with Gasteiger partial charge in [-0.1, -0.05) is 18.0 Å². The molecule has 0 amide bonds. The lowest BCUT2D eigenvalue weighted by molar-refractivity contribution is -0.174. The number of rotatable bonds is 7. The highest BCUT2D eigenvalue weighted by Crippen LogP contribution is 2.23. The predicted molar refractivity (Wildman–Crippen MR) is 124 cm³/mol. The lowest BCUT2D eigenvalue weighted by Gasteiger charge is -2.34. The standard InChI is InChI=1S/C24H28ClNO4.ClH/c1-17(26-15-5-4-6-16-26)29-23(28)24(2,3)30-21-13-9-19(10-14-21)22(27)18-7-11-20(25)12-8-18;/h7-14,17H,4-6,15-16H2,1-3H3;1H. The first-order valence-corrected chi connectivity index (χ1v) is 10.7. The number of ether oxygens (including phenoxy) is 2. The Morgan fingerprint density at radius 3 is 2.00 bits per heavy atom. The minimum atomic E-state index is -1.15. The fourth-order valence-corrected chi connectivity index (χ4v) is 3.56. The van der Waals surface area contributed by atoms with Crippen molar-refractivity contribution in [2.24, 2.45) is 0 Å². The van der Waals surface area contributed by atoms with Gasteiger partial charge in [0.15, 0.2) is 17.6 Å². The number of benzene rings is 2. The Morgan fingerprint density at radius 2 is 1.45 bits per heavy atom. The Morgan fingerprint density at radius 1 is 0.935 bits per heavy atom. The van der Waals surface area contributed by atoms with Crippen molar-refractivity contribution in [1.29, 1.82) is 0 Å². The fraction of sp³-hybridized carbons (Fsp3) is 0.417. The van der Waals surface area contributed by atoms with E-state index < -0.39 is 11.6 Å². The van der Waals surface area contributed by atoms with Crippen LogP contribution in [0.5, 0.6) is 5.75 Å². The van der Waals surface area contributed by atoms with E-state index in [1.807, 2.05) is 6.92 Å². The Hall–Kier alpha value is -2.08. The molecule has 1 aliphatic heterocycles. The largest absolute Gasteiger partial charge is 0.476 e. The zero-order chi connectivity index (χ0) is 21.7. The maximum atomic E-state index is 12.7. The Bertz CT molecular complexity index is 875. The van der Waals surface area contributed by atoms with Crippen LogP contribution in [0.3, 0.4) is 0 Å². The van der Waals surface area contributed by atoms with E-state index in [0.29, 0.717) is 21.9 Å². The minimum Gasteiger partial charge on any atom is -0.476 e. The van der Waals surface area contributed by atoms with Crippen LogP contribution in [0.2, 0.25) is 5.02 Å². The summed E-state index contributed by atoms with van der Waals surface area (Å²) < 4.78 is 11.5. The zero-order valence-electron chi connectivity index (χ0n) is 18.1. The van der Waals surface area contributed by atoms with E-state index in [1.165, 1.54) is 6.42 Å². The quantitative estimate of drug-likeness (QED) is 0.397. The Balaban J connectivity index is 0.00000341. The average molecular weight is 466 g/mol. The molecule has 0 aromatic heterocycles. The molecule has 2 aromatic carbocycles. The van der Waals surface area contributed by atoms with Crippen molar-refractivity contribution >= 4 is 35.8 Å². The third kappa shape index (κ3) is 6.70. The van der Waals surface area contributed by atoms with E-state index >= 15 is 0 Å². The SMILES string of the molecule is CC(OC(=O)C(C)(C)Oc1ccc(C(=O)c2ccc(Cl)cc2)cc1)N1CCCCC1.Cl. The molecular formula is C24H29Cl2NO4. The lowest BCUT2D eigenvalue weighted by atomic mass is 10.0. The van der Waals surface area contributed by atoms with Gasteiger partial charge in [0.25, 0.3) is 0 Å². The number of nitrogens with zero attached hydrogens (tertiary/aromatic N) is 1. The molecule has 3 rings (SSSR count). The topological polar surface area (TPSA) is 55.8 Å². The minimum absolute atomic E-state index is 0. The smallest absolute Gasteiger partial charge is 0.351 e. The molecular weight excluding hydrogens is 437 g/mol. The molecule has 5 nitrogen and oxygen atoms in total. The summed E-state index contributed by atoms with van der Waals surface area (Å²) in [5, 5.41) is 0.582. The second kappa shape index (κ2) is 11.0. The molecule has 0 saturated carbocycles. The molecule has 31 heavy (non-hydrogen) atoms. The second-order valence-corrected chi connectivity index (χ2v) is 8.51. The molecule has 1 saturated heterocycles. The van der Waals surface area contributed by atoms with Gasteiger partial charge in [0.1, 0.15) is 5.75 Å². The molecule has 1 fully saturated rings. The Kier molecular flexibility index (Phi) is 8.92. The summed E-state index contributed by atoms with van der Waals surface area (Å²) >= 11 is 5.88. The number of halogens is 2. The molecule has 7 heteroatoms. The van der Waals surface area contributed by atoms with Gasteiger partial charge in [-0.05, 0) is 82.1 Å². The summed E-state index contributed by atoms with van der Waals surface area (Å²) in [6, 6.07) is 13.5. The summed E-state index contributed by atoms with van der Waals surface area (Å²) in [5.41, 5.74) is -0.0568. The van der Waals surface area contributed by atoms with Crippen molar-refractivity contribution in [3.63, 3.8) is 0 Å². The molecule has 0 spiro atoms. The van der Waals surface area contributed by atoms with E-state index in [0.717, 1.165) is 25.9 Å². The van der Waals surface area contributed by atoms with Crippen LogP contribution in [-0.4, -0.2) is 41.6 Å². The highest BCUT2D eigenvalue weighted by molar-refractivity contribution is 6.30. The highest BCUT2D eigenvalue weighted by atomic mass is 35.5. The first kappa shape index (κ1) is 25.2. The van der Waals surface area contributed by atoms with Crippen molar-refractivity contribution in [3.05, 3.63) is 64.7 Å². The summed E-state index contributed by atoms with van der Waals surface area (Å²) in [7, 11) is 0. The number of ketones is 1. The first-order chi connectivity index (χ1) is 14.3. The van der Waals surface area contributed by atoms with Crippen LogP contribution in [0, 0.1) is 0 Å². The van der Waals surface area contributed by atoms with Gasteiger partial charge in [0.2, 0.25) is 0 Å². The van der Waals surface area contributed by atoms with Crippen LogP contribution >= 0.6 is 24.0 Å². The molecule has 1 unspecified atom stereocenters. The number of carbonyl (C=O) groups is 2. The summed E-state index contributed by atoms with van der Waals surface area (Å²) in [6.45, 7) is 7.16. The van der Waals surface area contributed by atoms with Crippen molar-refractivity contribution < 1.29 is 19.1 Å². The van der Waals surface area contributed by atoms with Crippen molar-refractivity contribution in [2.75, 3.05) is 13.1 Å². The maximum Gasteiger partial charge on any atom is 0.351 e. The zero-order valence-corrected chi connectivity index (χ0v) is 19.7. The maximum absolute atomic E-state index is 12.7. The van der Waals surface area contributed by atoms with Gasteiger partial charge in [0, 0.05) is 29.2 Å². The number of esters is 1. The molecule has 1 heterocycles. The van der Waals surface area contributed by atoms with Crippen LogP contribution in [-0.2, 0) is 9.53 Å². The van der Waals surface area contributed by atoms with Crippen molar-refractivity contribution in [3.8, 4) is 5.75 Å². The van der Waals surface area contributed by atoms with E-state index in [1.54, 1.807) is 62.4 Å². The predicted octanol–water partition coefficient (Wildman–Crippen LogP) is 5.53. The third-order valence-corrected chi connectivity index (χ3v) is 5.52. The van der Waals surface area contributed by atoms with E-state index in [-0.39, 0.29) is 24.4 Å². The van der Waals surface area contributed by atoms with Crippen LogP contribution in [0.4, 0.5) is 0 Å². The number of likely N-dealkylation sites (tertiary alicyclic amines) is 1. The normalized spacial score (nSPS) is 15.5. The molecule has 0 aliphatic carbocycles. The summed E-state index contributed by atoms with van der Waals surface area (Å²) in [4.78, 5) is 27.4. The highest BCUT2D eigenvalue weighted by Gasteiger charge is 2.34. The molecule has 1 atom stereocenters. The Labute approximate surface area is 195 Å². The molecule has 0 N–H and O–H groups in total. The van der Waals surface area contributed by atoms with Gasteiger partial charge in [-0.25, -0.2) is 4.79 Å². The lowest BCUT2D eigenvalue weighted by Crippen LogP contribution is -2.46. The van der Waals surface area contributed by atoms with Gasteiger partial charge in [-0.15, -0.1) is 12.4 Å². The first-order valence-electron chi connectivity index (χ1n) is 10.3. The van der Waals surface area contributed by atoms with Crippen molar-refractivity contribution in [1.82, 2.24) is 4.90 Å². The van der Waals surface area contributed by atoms with Crippen LogP contribution in [0.1, 0.15) is 56.0 Å². The molecule has 168 valence electrons. The van der Waals surface area contributed by atoms with Gasteiger partial charge in [-0.2, -0.15) is 0 Å². The van der Waals surface area contributed by atoms with Crippen LogP contribution < -0.4 is 4.74 Å². The van der Waals surface area contributed by atoms with Crippen molar-refractivity contribution in [2.45, 2.75) is 51.9 Å². The van der Waals surface area contributed by atoms with Gasteiger partial charge in [0.05, 0.1) is 0 Å². The average Bonchev–Trinajstić information content (AvgIpc) is 2.74. The number of carbonyl (C=O) groups excluding carboxylic acids is 2. The molecule has 2 aromatic rings. The van der Waals surface area contributed by atoms with Gasteiger partial charge in [-0.3, -0.25) is 9.69 Å². The third-order valence-electron chi connectivity index (χ3n) is 5.27. The fourth-order valence-electron chi connectivity index (χ4n) is 3.43. The summed E-state index contributed by atoms with van der Waals surface area (Å²) in [6.07, 6.45) is 3.20. The van der Waals surface area contributed by atoms with Crippen LogP contribution in [0.25, 0.3) is 0 Å². The molecule has 1 aliphatic rings. The summed E-state index contributed by atoms with van der Waals surface area (Å²) in [5.74, 6) is -0.0237. The number of hydrogen-bond acceptors (Lipinski definition) is 5. The van der Waals surface area contributed by atoms with Crippen LogP contribution in [0.15, 0.2) is 48.5 Å². The van der Waals surface area contributed by atoms with Gasteiger partial charge < -0.3 is 9.47 Å². The van der Waals surface area contributed by atoms with E-state index in [9.17, 15) is 9.59 Å². The number of piperidine rings is 1. The number of hydrogen-bond donors (Lipinski definition) is 0. The molecule has 0 bridgehead atoms. The monoisotopic (exact) mass is 465 g/mol. The van der Waals surface area contributed by atoms with E-state index in [2.05, 4.69) is 4.90 Å². The van der Waals surface area contributed by atoms with E-state index in [4.69, 9.17) is 21.1 Å². The molecule has 0 radical (unpaired) electrons. The van der Waals surface area contributed by atoms with Gasteiger partial charge >= 0.3 is 5.97 Å². The second-order valence-electron chi connectivity index (χ2n) is 8.07.